The summed E-state index contributed by atoms with van der Waals surface area (Å²) in [7, 11) is 1.61. The van der Waals surface area contributed by atoms with E-state index in [4.69, 9.17) is 0 Å². The van der Waals surface area contributed by atoms with Gasteiger partial charge in [0.15, 0.2) is 0 Å². The van der Waals surface area contributed by atoms with Gasteiger partial charge in [0.25, 0.3) is 11.5 Å². The van der Waals surface area contributed by atoms with Crippen LogP contribution < -0.4 is 16.2 Å². The summed E-state index contributed by atoms with van der Waals surface area (Å²) in [6.45, 7) is 4.37. The summed E-state index contributed by atoms with van der Waals surface area (Å²) in [4.78, 5) is 44.2. The normalized spacial score (nSPS) is 11.8. The zero-order chi connectivity index (χ0) is 22.7. The van der Waals surface area contributed by atoms with Crippen LogP contribution in [0.3, 0.4) is 0 Å². The molecular weight excluding hydrogens is 406 g/mol. The van der Waals surface area contributed by atoms with Gasteiger partial charge in [-0.15, -0.1) is 0 Å². The standard InChI is InChI=1S/C23H23N7O2/c1-13(15-5-4-6-16-17(22(31)24-3)7-8-25-21(15)16)10-27-20-9-19(28-12-29-20)18-11-26-14(2)30-23(18)32/h4-9,11-13H,10H2,1-3H3,(H,24,31)(H,26,30,32)(H,27,28,29)/t13-/m1/s1. The van der Waals surface area contributed by atoms with Crippen LogP contribution in [-0.4, -0.2) is 44.4 Å². The van der Waals surface area contributed by atoms with E-state index in [1.807, 2.05) is 18.2 Å². The number of carbonyl (C=O) groups excluding carboxylic acids is 1. The Morgan fingerprint density at radius 3 is 2.78 bits per heavy atom. The number of nitrogens with zero attached hydrogens (tertiary/aromatic N) is 4. The van der Waals surface area contributed by atoms with Crippen molar-refractivity contribution in [1.29, 1.82) is 0 Å². The molecule has 0 unspecified atom stereocenters. The molecule has 0 fully saturated rings. The molecule has 0 spiro atoms. The third-order valence-corrected chi connectivity index (χ3v) is 5.26. The summed E-state index contributed by atoms with van der Waals surface area (Å²) < 4.78 is 0. The largest absolute Gasteiger partial charge is 0.369 e. The molecule has 0 saturated carbocycles. The van der Waals surface area contributed by atoms with Gasteiger partial charge in [-0.2, -0.15) is 0 Å². The van der Waals surface area contributed by atoms with Crippen molar-refractivity contribution < 1.29 is 4.79 Å². The minimum absolute atomic E-state index is 0.0778. The van der Waals surface area contributed by atoms with E-state index in [2.05, 4.69) is 42.5 Å². The molecule has 3 heterocycles. The molecule has 0 aliphatic carbocycles. The van der Waals surface area contributed by atoms with E-state index in [0.29, 0.717) is 35.0 Å². The Morgan fingerprint density at radius 1 is 1.16 bits per heavy atom. The molecular formula is C23H23N7O2. The summed E-state index contributed by atoms with van der Waals surface area (Å²) in [6, 6.07) is 9.29. The highest BCUT2D eigenvalue weighted by molar-refractivity contribution is 6.06. The number of nitrogens with one attached hydrogen (secondary N) is 3. The van der Waals surface area contributed by atoms with Gasteiger partial charge in [-0.1, -0.05) is 25.1 Å². The lowest BCUT2D eigenvalue weighted by molar-refractivity contribution is 0.0964. The van der Waals surface area contributed by atoms with Crippen LogP contribution in [-0.2, 0) is 0 Å². The molecule has 0 bridgehead atoms. The van der Waals surface area contributed by atoms with Gasteiger partial charge in [0, 0.05) is 43.4 Å². The maximum atomic E-state index is 12.2. The number of hydrogen-bond acceptors (Lipinski definition) is 7. The quantitative estimate of drug-likeness (QED) is 0.430. The molecule has 162 valence electrons. The Kier molecular flexibility index (Phi) is 5.89. The monoisotopic (exact) mass is 429 g/mol. The van der Waals surface area contributed by atoms with Gasteiger partial charge in [0.2, 0.25) is 0 Å². The lowest BCUT2D eigenvalue weighted by Gasteiger charge is -2.16. The van der Waals surface area contributed by atoms with Crippen LogP contribution in [0.4, 0.5) is 5.82 Å². The number of aromatic amines is 1. The van der Waals surface area contributed by atoms with Gasteiger partial charge in [0.1, 0.15) is 18.0 Å². The van der Waals surface area contributed by atoms with Crippen molar-refractivity contribution in [2.45, 2.75) is 19.8 Å². The van der Waals surface area contributed by atoms with Crippen LogP contribution in [0.15, 0.2) is 53.8 Å². The molecule has 0 radical (unpaired) electrons. The number of benzene rings is 1. The molecule has 4 aromatic rings. The fraction of sp³-hybridized carbons (Fsp3) is 0.217. The van der Waals surface area contributed by atoms with Crippen molar-refractivity contribution in [1.82, 2.24) is 30.2 Å². The SMILES string of the molecule is CNC(=O)c1ccnc2c([C@H](C)CNc3cc(-c4cnc(C)[nH]c4=O)ncn3)cccc12. The highest BCUT2D eigenvalue weighted by atomic mass is 16.1. The number of fused-ring (bicyclic) bond motifs is 1. The van der Waals surface area contributed by atoms with Gasteiger partial charge in [-0.05, 0) is 18.6 Å². The maximum absolute atomic E-state index is 12.2. The van der Waals surface area contributed by atoms with Crippen molar-refractivity contribution in [3.8, 4) is 11.3 Å². The fourth-order valence-electron chi connectivity index (χ4n) is 3.56. The van der Waals surface area contributed by atoms with E-state index in [1.165, 1.54) is 12.5 Å². The Labute approximate surface area is 184 Å². The molecule has 3 N–H and O–H groups in total. The van der Waals surface area contributed by atoms with E-state index in [9.17, 15) is 9.59 Å². The van der Waals surface area contributed by atoms with E-state index in [1.54, 1.807) is 32.3 Å². The van der Waals surface area contributed by atoms with Crippen molar-refractivity contribution in [2.24, 2.45) is 0 Å². The van der Waals surface area contributed by atoms with E-state index in [0.717, 1.165) is 16.5 Å². The number of para-hydroxylation sites is 1. The Bertz CT molecular complexity index is 1350. The van der Waals surface area contributed by atoms with Gasteiger partial charge in [-0.25, -0.2) is 15.0 Å². The average molecular weight is 429 g/mol. The molecule has 1 aromatic carbocycles. The molecule has 4 rings (SSSR count). The molecule has 9 heteroatoms. The smallest absolute Gasteiger partial charge is 0.260 e. The van der Waals surface area contributed by atoms with Crippen LogP contribution >= 0.6 is 0 Å². The van der Waals surface area contributed by atoms with E-state index >= 15 is 0 Å². The first-order chi connectivity index (χ1) is 15.5. The van der Waals surface area contributed by atoms with Crippen molar-refractivity contribution in [3.63, 3.8) is 0 Å². The van der Waals surface area contributed by atoms with Crippen LogP contribution in [0.2, 0.25) is 0 Å². The molecule has 32 heavy (non-hydrogen) atoms. The number of amides is 1. The second kappa shape index (κ2) is 8.93. The van der Waals surface area contributed by atoms with Crippen molar-refractivity contribution in [3.05, 3.63) is 76.4 Å². The number of hydrogen-bond donors (Lipinski definition) is 3. The molecule has 0 aliphatic rings. The minimum Gasteiger partial charge on any atom is -0.369 e. The molecule has 1 atom stereocenters. The van der Waals surface area contributed by atoms with Gasteiger partial charge >= 0.3 is 0 Å². The summed E-state index contributed by atoms with van der Waals surface area (Å²) in [6.07, 6.45) is 4.58. The van der Waals surface area contributed by atoms with Gasteiger partial charge in [-0.3, -0.25) is 14.6 Å². The number of anilines is 1. The number of H-pyrrole nitrogens is 1. The first kappa shape index (κ1) is 21.1. The zero-order valence-electron chi connectivity index (χ0n) is 18.0. The highest BCUT2D eigenvalue weighted by Gasteiger charge is 2.15. The third kappa shape index (κ3) is 4.18. The molecule has 0 saturated heterocycles. The number of carbonyl (C=O) groups is 1. The lowest BCUT2D eigenvalue weighted by Crippen LogP contribution is -2.18. The summed E-state index contributed by atoms with van der Waals surface area (Å²) in [5.41, 5.74) is 3.04. The molecule has 0 aliphatic heterocycles. The topological polar surface area (TPSA) is 126 Å². The van der Waals surface area contributed by atoms with Crippen LogP contribution in [0.1, 0.15) is 34.6 Å². The molecule has 9 nitrogen and oxygen atoms in total. The second-order valence-electron chi connectivity index (χ2n) is 7.46. The number of rotatable bonds is 6. The van der Waals surface area contributed by atoms with Gasteiger partial charge < -0.3 is 15.6 Å². The van der Waals surface area contributed by atoms with Crippen LogP contribution in [0.5, 0.6) is 0 Å². The number of aryl methyl sites for hydroxylation is 1. The molecule has 3 aromatic heterocycles. The lowest BCUT2D eigenvalue weighted by atomic mass is 9.96. The van der Waals surface area contributed by atoms with E-state index in [-0.39, 0.29) is 17.4 Å². The van der Waals surface area contributed by atoms with Gasteiger partial charge in [0.05, 0.1) is 22.3 Å². The Morgan fingerprint density at radius 2 is 2.00 bits per heavy atom. The third-order valence-electron chi connectivity index (χ3n) is 5.26. The maximum Gasteiger partial charge on any atom is 0.260 e. The highest BCUT2D eigenvalue weighted by Crippen LogP contribution is 2.26. The average Bonchev–Trinajstić information content (AvgIpc) is 2.81. The minimum atomic E-state index is -0.246. The van der Waals surface area contributed by atoms with Crippen LogP contribution in [0.25, 0.3) is 22.2 Å². The second-order valence-corrected chi connectivity index (χ2v) is 7.46. The fourth-order valence-corrected chi connectivity index (χ4v) is 3.56. The first-order valence-electron chi connectivity index (χ1n) is 10.2. The number of aromatic nitrogens is 5. The predicted molar refractivity (Wildman–Crippen MR) is 123 cm³/mol. The number of pyridine rings is 1. The first-order valence-corrected chi connectivity index (χ1v) is 10.2. The van der Waals surface area contributed by atoms with Crippen LogP contribution in [0, 0.1) is 6.92 Å². The Balaban J connectivity index is 1.57. The van der Waals surface area contributed by atoms with Crippen molar-refractivity contribution in [2.75, 3.05) is 18.9 Å². The zero-order valence-corrected chi connectivity index (χ0v) is 18.0. The summed E-state index contributed by atoms with van der Waals surface area (Å²) in [5, 5.41) is 6.79. The molecule has 1 amide bonds. The van der Waals surface area contributed by atoms with E-state index < -0.39 is 0 Å². The van der Waals surface area contributed by atoms with Crippen molar-refractivity contribution >= 4 is 22.6 Å². The Hall–Kier alpha value is -4.14. The predicted octanol–water partition coefficient (Wildman–Crippen LogP) is 2.66. The summed E-state index contributed by atoms with van der Waals surface area (Å²) in [5.74, 6) is 1.08. The summed E-state index contributed by atoms with van der Waals surface area (Å²) >= 11 is 0.